The smallest absolute Gasteiger partial charge is 0.0343 e. The van der Waals surface area contributed by atoms with Crippen LogP contribution in [0.15, 0.2) is 31.1 Å². The highest BCUT2D eigenvalue weighted by molar-refractivity contribution is 5.53. The molecule has 0 atom stereocenters. The zero-order chi connectivity index (χ0) is 10.6. The van der Waals surface area contributed by atoms with Crippen LogP contribution < -0.4 is 10.4 Å². The molecule has 0 fully saturated rings. The minimum absolute atomic E-state index is 0.538. The number of nitrogens with zero attached hydrogens (tertiary/aromatic N) is 1. The van der Waals surface area contributed by atoms with Crippen LogP contribution in [0.1, 0.15) is 20.8 Å². The lowest BCUT2D eigenvalue weighted by molar-refractivity contribution is 0.879. The fourth-order valence-electron chi connectivity index (χ4n) is 1.37. The lowest BCUT2D eigenvalue weighted by Gasteiger charge is -1.97. The first-order valence-electron chi connectivity index (χ1n) is 4.90. The number of rotatable bonds is 2. The Labute approximate surface area is 85.5 Å². The van der Waals surface area contributed by atoms with Crippen LogP contribution in [0, 0.1) is 5.92 Å². The summed E-state index contributed by atoms with van der Waals surface area (Å²) < 4.78 is 0. The van der Waals surface area contributed by atoms with E-state index in [1.54, 1.807) is 0 Å². The SMILES string of the molecule is C=C/C(C)=c1/ccnc/c1=C/C(C)C. The summed E-state index contributed by atoms with van der Waals surface area (Å²) in [6, 6.07) is 2.03. The molecule has 0 spiro atoms. The molecule has 0 aliphatic carbocycles. The molecule has 14 heavy (non-hydrogen) atoms. The average Bonchev–Trinajstić information content (AvgIpc) is 2.16. The lowest BCUT2D eigenvalue weighted by atomic mass is 10.1. The van der Waals surface area contributed by atoms with Crippen molar-refractivity contribution in [2.24, 2.45) is 5.92 Å². The zero-order valence-electron chi connectivity index (χ0n) is 9.12. The van der Waals surface area contributed by atoms with Crippen molar-refractivity contribution < 1.29 is 0 Å². The number of allylic oxidation sites excluding steroid dienone is 1. The van der Waals surface area contributed by atoms with Crippen molar-refractivity contribution >= 4 is 11.6 Å². The number of pyridine rings is 1. The van der Waals surface area contributed by atoms with E-state index < -0.39 is 0 Å². The summed E-state index contributed by atoms with van der Waals surface area (Å²) in [7, 11) is 0. The first-order chi connectivity index (χ1) is 6.65. The minimum Gasteiger partial charge on any atom is -0.264 e. The Morgan fingerprint density at radius 3 is 2.79 bits per heavy atom. The fourth-order valence-corrected chi connectivity index (χ4v) is 1.37. The van der Waals surface area contributed by atoms with Crippen LogP contribution in [0.2, 0.25) is 0 Å². The summed E-state index contributed by atoms with van der Waals surface area (Å²) in [5, 5.41) is 2.42. The molecule has 0 bridgehead atoms. The summed E-state index contributed by atoms with van der Waals surface area (Å²) >= 11 is 0. The average molecular weight is 187 g/mol. The minimum atomic E-state index is 0.538. The summed E-state index contributed by atoms with van der Waals surface area (Å²) in [6.45, 7) is 10.2. The largest absolute Gasteiger partial charge is 0.264 e. The van der Waals surface area contributed by atoms with Gasteiger partial charge in [0.25, 0.3) is 0 Å². The number of hydrogen-bond donors (Lipinski definition) is 0. The summed E-state index contributed by atoms with van der Waals surface area (Å²) in [6.07, 6.45) is 7.82. The third kappa shape index (κ3) is 2.56. The van der Waals surface area contributed by atoms with E-state index in [1.165, 1.54) is 16.0 Å². The molecule has 1 aromatic rings. The van der Waals surface area contributed by atoms with E-state index in [9.17, 15) is 0 Å². The van der Waals surface area contributed by atoms with Gasteiger partial charge in [0.05, 0.1) is 0 Å². The molecular weight excluding hydrogens is 170 g/mol. The van der Waals surface area contributed by atoms with E-state index in [1.807, 2.05) is 24.5 Å². The molecule has 0 amide bonds. The lowest BCUT2D eigenvalue weighted by Crippen LogP contribution is -2.27. The van der Waals surface area contributed by atoms with E-state index in [0.717, 1.165) is 0 Å². The van der Waals surface area contributed by atoms with Crippen molar-refractivity contribution in [3.05, 3.63) is 41.6 Å². The predicted molar refractivity (Wildman–Crippen MR) is 62.1 cm³/mol. The molecule has 1 heterocycles. The molecule has 1 aromatic heterocycles. The van der Waals surface area contributed by atoms with E-state index in [-0.39, 0.29) is 0 Å². The second-order valence-corrected chi connectivity index (χ2v) is 3.76. The van der Waals surface area contributed by atoms with Crippen molar-refractivity contribution in [2.75, 3.05) is 0 Å². The second-order valence-electron chi connectivity index (χ2n) is 3.76. The molecule has 74 valence electrons. The van der Waals surface area contributed by atoms with Crippen LogP contribution in [-0.2, 0) is 0 Å². The number of aromatic nitrogens is 1. The normalized spacial score (nSPS) is 14.4. The Bertz CT molecular complexity index is 427. The summed E-state index contributed by atoms with van der Waals surface area (Å²) in [5.41, 5.74) is 1.19. The van der Waals surface area contributed by atoms with Gasteiger partial charge in [0.15, 0.2) is 0 Å². The van der Waals surface area contributed by atoms with Crippen molar-refractivity contribution in [1.82, 2.24) is 4.98 Å². The molecule has 0 unspecified atom stereocenters. The van der Waals surface area contributed by atoms with E-state index >= 15 is 0 Å². The molecule has 0 N–H and O–H groups in total. The van der Waals surface area contributed by atoms with Gasteiger partial charge >= 0.3 is 0 Å². The Hall–Kier alpha value is -1.37. The number of hydrogen-bond acceptors (Lipinski definition) is 1. The van der Waals surface area contributed by atoms with Gasteiger partial charge in [-0.1, -0.05) is 32.6 Å². The quantitative estimate of drug-likeness (QED) is 0.689. The van der Waals surface area contributed by atoms with Crippen LogP contribution in [0.4, 0.5) is 0 Å². The van der Waals surface area contributed by atoms with Crippen molar-refractivity contribution in [3.8, 4) is 0 Å². The van der Waals surface area contributed by atoms with Gasteiger partial charge in [-0.25, -0.2) is 0 Å². The Kier molecular flexibility index (Phi) is 3.63. The first kappa shape index (κ1) is 10.7. The van der Waals surface area contributed by atoms with Crippen LogP contribution in [0.5, 0.6) is 0 Å². The van der Waals surface area contributed by atoms with Crippen LogP contribution in [0.3, 0.4) is 0 Å². The molecule has 0 aromatic carbocycles. The maximum atomic E-state index is 4.14. The van der Waals surface area contributed by atoms with Crippen LogP contribution in [0.25, 0.3) is 11.6 Å². The molecule has 0 saturated heterocycles. The third-order valence-corrected chi connectivity index (χ3v) is 2.10. The van der Waals surface area contributed by atoms with E-state index in [2.05, 4.69) is 38.4 Å². The molecule has 0 saturated carbocycles. The summed E-state index contributed by atoms with van der Waals surface area (Å²) in [5.74, 6) is 0.538. The van der Waals surface area contributed by atoms with Crippen LogP contribution in [-0.4, -0.2) is 4.98 Å². The van der Waals surface area contributed by atoms with E-state index in [4.69, 9.17) is 0 Å². The highest BCUT2D eigenvalue weighted by Crippen LogP contribution is 1.92. The molecule has 1 heteroatoms. The van der Waals surface area contributed by atoms with Gasteiger partial charge in [-0.15, -0.1) is 0 Å². The van der Waals surface area contributed by atoms with Gasteiger partial charge < -0.3 is 0 Å². The van der Waals surface area contributed by atoms with Gasteiger partial charge in [0, 0.05) is 12.4 Å². The maximum Gasteiger partial charge on any atom is 0.0343 e. The van der Waals surface area contributed by atoms with Gasteiger partial charge in [-0.3, -0.25) is 4.98 Å². The molecule has 1 nitrogen and oxygen atoms in total. The molecular formula is C13H17N. The topological polar surface area (TPSA) is 12.9 Å². The molecule has 0 aliphatic heterocycles. The highest BCUT2D eigenvalue weighted by Gasteiger charge is 1.90. The Balaban J connectivity index is 3.53. The fraction of sp³-hybridized carbons (Fsp3) is 0.308. The Morgan fingerprint density at radius 2 is 2.21 bits per heavy atom. The third-order valence-electron chi connectivity index (χ3n) is 2.10. The second kappa shape index (κ2) is 4.75. The van der Waals surface area contributed by atoms with Crippen molar-refractivity contribution in [2.45, 2.75) is 20.8 Å². The molecule has 1 rings (SSSR count). The predicted octanol–water partition coefficient (Wildman–Crippen LogP) is 1.87. The Morgan fingerprint density at radius 1 is 1.50 bits per heavy atom. The molecule has 0 radical (unpaired) electrons. The maximum absolute atomic E-state index is 4.14. The van der Waals surface area contributed by atoms with E-state index in [0.29, 0.717) is 5.92 Å². The van der Waals surface area contributed by atoms with Gasteiger partial charge in [-0.2, -0.15) is 0 Å². The highest BCUT2D eigenvalue weighted by atomic mass is 14.6. The van der Waals surface area contributed by atoms with Gasteiger partial charge in [0.1, 0.15) is 0 Å². The standard InChI is InChI=1S/C13H17N/c1-5-11(4)13-6-7-14-9-12(13)8-10(2)3/h5-10H,1H2,2-4H3/b12-8-,13-11-. The first-order valence-corrected chi connectivity index (χ1v) is 4.90. The van der Waals surface area contributed by atoms with Crippen molar-refractivity contribution in [3.63, 3.8) is 0 Å². The summed E-state index contributed by atoms with van der Waals surface area (Å²) in [4.78, 5) is 4.14. The zero-order valence-corrected chi connectivity index (χ0v) is 9.12. The monoisotopic (exact) mass is 187 g/mol. The van der Waals surface area contributed by atoms with Gasteiger partial charge in [0.2, 0.25) is 0 Å². The van der Waals surface area contributed by atoms with Crippen molar-refractivity contribution in [1.29, 1.82) is 0 Å². The van der Waals surface area contributed by atoms with Gasteiger partial charge in [-0.05, 0) is 34.9 Å². The molecule has 0 aliphatic rings. The van der Waals surface area contributed by atoms with Crippen LogP contribution >= 0.6 is 0 Å².